The van der Waals surface area contributed by atoms with E-state index in [1.54, 1.807) is 33.2 Å². The lowest BCUT2D eigenvalue weighted by Crippen LogP contribution is -2.40. The molecule has 1 aliphatic heterocycles. The fourth-order valence-electron chi connectivity index (χ4n) is 6.11. The van der Waals surface area contributed by atoms with Crippen LogP contribution in [0.15, 0.2) is 95.0 Å². The Hall–Kier alpha value is -5.59. The first kappa shape index (κ1) is 35.2. The van der Waals surface area contributed by atoms with Crippen molar-refractivity contribution in [2.75, 3.05) is 41.5 Å². The van der Waals surface area contributed by atoms with Gasteiger partial charge in [0.05, 0.1) is 52.6 Å². The van der Waals surface area contributed by atoms with Crippen molar-refractivity contribution >= 4 is 23.5 Å². The lowest BCUT2D eigenvalue weighted by molar-refractivity contribution is -0.0959. The number of nitrogens with zero attached hydrogens (tertiary/aromatic N) is 6. The average Bonchev–Trinajstić information content (AvgIpc) is 3.72. The fourth-order valence-corrected chi connectivity index (χ4v) is 6.11. The van der Waals surface area contributed by atoms with Gasteiger partial charge in [0.1, 0.15) is 35.4 Å². The second-order valence-corrected chi connectivity index (χ2v) is 12.0. The summed E-state index contributed by atoms with van der Waals surface area (Å²) in [4.78, 5) is 30.3. The van der Waals surface area contributed by atoms with Crippen LogP contribution >= 0.6 is 0 Å². The van der Waals surface area contributed by atoms with Crippen molar-refractivity contribution in [1.29, 1.82) is 5.26 Å². The van der Waals surface area contributed by atoms with Gasteiger partial charge in [-0.1, -0.05) is 54.6 Å². The minimum atomic E-state index is -1.21. The minimum Gasteiger partial charge on any atom is -0.497 e. The summed E-state index contributed by atoms with van der Waals surface area (Å²) >= 11 is 0. The van der Waals surface area contributed by atoms with Gasteiger partial charge >= 0.3 is 0 Å². The molecule has 3 aromatic carbocycles. The normalized spacial score (nSPS) is 19.0. The van der Waals surface area contributed by atoms with E-state index in [1.807, 2.05) is 78.9 Å². The summed E-state index contributed by atoms with van der Waals surface area (Å²) in [6.45, 7) is -0.0575. The number of ether oxygens (including phenoxy) is 5. The van der Waals surface area contributed by atoms with Gasteiger partial charge in [0.2, 0.25) is 5.95 Å². The van der Waals surface area contributed by atoms with Gasteiger partial charge < -0.3 is 33.7 Å². The Morgan fingerprint density at radius 1 is 1.02 bits per heavy atom. The maximum Gasteiger partial charge on any atom is 0.280 e. The van der Waals surface area contributed by atoms with Crippen molar-refractivity contribution in [3.8, 4) is 17.6 Å². The molecule has 1 aliphatic rings. The van der Waals surface area contributed by atoms with E-state index in [0.29, 0.717) is 11.5 Å². The van der Waals surface area contributed by atoms with Gasteiger partial charge in [-0.3, -0.25) is 14.3 Å². The highest BCUT2D eigenvalue weighted by molar-refractivity contribution is 5.71. The number of hydrogen-bond acceptors (Lipinski definition) is 11. The Balaban J connectivity index is 1.41. The first-order chi connectivity index (χ1) is 24.8. The van der Waals surface area contributed by atoms with Crippen LogP contribution in [-0.4, -0.2) is 95.7 Å². The number of aliphatic imine (C=N–C) groups is 1. The third kappa shape index (κ3) is 7.19. The molecular formula is C37H39N7O7. The second kappa shape index (κ2) is 15.5. The monoisotopic (exact) mass is 693 g/mol. The van der Waals surface area contributed by atoms with E-state index >= 15 is 0 Å². The molecule has 1 fully saturated rings. The molecule has 14 nitrogen and oxygen atoms in total. The van der Waals surface area contributed by atoms with Gasteiger partial charge in [0, 0.05) is 14.1 Å². The second-order valence-electron chi connectivity index (χ2n) is 12.0. The zero-order valence-corrected chi connectivity index (χ0v) is 28.7. The third-order valence-electron chi connectivity index (χ3n) is 8.58. The van der Waals surface area contributed by atoms with Crippen LogP contribution in [0.1, 0.15) is 29.3 Å². The number of nitrogens with one attached hydrogen (secondary N) is 1. The maximum atomic E-state index is 12.9. The summed E-state index contributed by atoms with van der Waals surface area (Å²) in [6.07, 6.45) is -1.07. The molecule has 1 unspecified atom stereocenters. The summed E-state index contributed by atoms with van der Waals surface area (Å²) in [6, 6.07) is 27.1. The van der Waals surface area contributed by atoms with Crippen molar-refractivity contribution in [3.05, 3.63) is 112 Å². The van der Waals surface area contributed by atoms with Crippen molar-refractivity contribution in [2.24, 2.45) is 4.99 Å². The van der Waals surface area contributed by atoms with Gasteiger partial charge in [-0.05, 0) is 41.0 Å². The van der Waals surface area contributed by atoms with E-state index in [-0.39, 0.29) is 36.7 Å². The molecule has 6 rings (SSSR count). The number of benzene rings is 3. The van der Waals surface area contributed by atoms with Crippen LogP contribution in [0.4, 0.5) is 5.95 Å². The molecule has 0 amide bonds. The van der Waals surface area contributed by atoms with Crippen LogP contribution < -0.4 is 15.0 Å². The molecule has 1 saturated heterocycles. The molecule has 3 heterocycles. The van der Waals surface area contributed by atoms with Crippen molar-refractivity contribution in [1.82, 2.24) is 24.4 Å². The highest BCUT2D eigenvalue weighted by Crippen LogP contribution is 2.43. The van der Waals surface area contributed by atoms with Gasteiger partial charge in [-0.15, -0.1) is 0 Å². The van der Waals surface area contributed by atoms with Crippen LogP contribution in [0, 0.1) is 11.3 Å². The molecule has 0 aliphatic carbocycles. The van der Waals surface area contributed by atoms with E-state index in [1.165, 1.54) is 17.2 Å². The third-order valence-corrected chi connectivity index (χ3v) is 8.58. The topological polar surface area (TPSA) is 169 Å². The van der Waals surface area contributed by atoms with Crippen molar-refractivity contribution in [2.45, 2.75) is 36.6 Å². The van der Waals surface area contributed by atoms with Crippen LogP contribution in [0.2, 0.25) is 0 Å². The Morgan fingerprint density at radius 3 is 2.24 bits per heavy atom. The average molecular weight is 694 g/mol. The van der Waals surface area contributed by atoms with Crippen LogP contribution in [-0.2, 0) is 19.8 Å². The molecule has 2 aromatic heterocycles. The van der Waals surface area contributed by atoms with Gasteiger partial charge in [0.15, 0.2) is 17.4 Å². The summed E-state index contributed by atoms with van der Waals surface area (Å²) in [7, 11) is 6.80. The highest BCUT2D eigenvalue weighted by atomic mass is 16.6. The molecule has 0 radical (unpaired) electrons. The van der Waals surface area contributed by atoms with Crippen LogP contribution in [0.3, 0.4) is 0 Å². The van der Waals surface area contributed by atoms with Gasteiger partial charge in [-0.2, -0.15) is 10.2 Å². The lowest BCUT2D eigenvalue weighted by Gasteiger charge is -2.37. The minimum absolute atomic E-state index is 0.0380. The number of fused-ring (bicyclic) bond motifs is 1. The van der Waals surface area contributed by atoms with E-state index < -0.39 is 35.7 Å². The SMILES string of the molecule is COc1ccc(C(OC[C@H]2O[C@@H](n3cnc4c(=O)[nH]c(/N=C/N(C)C)nc43)[C@@H](OCCC#N)C2O)(c2ccccc2)c2ccc(OC)cc2)cc1. The number of imidazole rings is 1. The van der Waals surface area contributed by atoms with Gasteiger partial charge in [-0.25, -0.2) is 9.98 Å². The number of aromatic nitrogens is 4. The molecule has 5 aromatic rings. The molecule has 51 heavy (non-hydrogen) atoms. The zero-order valence-electron chi connectivity index (χ0n) is 28.7. The first-order valence-corrected chi connectivity index (χ1v) is 16.3. The summed E-state index contributed by atoms with van der Waals surface area (Å²) < 4.78 is 32.1. The number of rotatable bonds is 14. The quantitative estimate of drug-likeness (QED) is 0.0748. The van der Waals surface area contributed by atoms with Crippen molar-refractivity contribution < 1.29 is 28.8 Å². The summed E-state index contributed by atoms with van der Waals surface area (Å²) in [5.41, 5.74) is 1.04. The fraction of sp³-hybridized carbons (Fsp3) is 0.324. The number of hydrogen-bond donors (Lipinski definition) is 2. The number of methoxy groups -OCH3 is 2. The smallest absolute Gasteiger partial charge is 0.280 e. The number of aliphatic hydroxyl groups excluding tert-OH is 1. The van der Waals surface area contributed by atoms with Gasteiger partial charge in [0.25, 0.3) is 5.56 Å². The number of nitriles is 1. The molecule has 0 saturated carbocycles. The van der Waals surface area contributed by atoms with E-state index in [4.69, 9.17) is 23.7 Å². The maximum absolute atomic E-state index is 12.9. The molecule has 14 heteroatoms. The van der Waals surface area contributed by atoms with E-state index in [2.05, 4.69) is 26.0 Å². The van der Waals surface area contributed by atoms with E-state index in [0.717, 1.165) is 16.7 Å². The molecule has 0 bridgehead atoms. The van der Waals surface area contributed by atoms with E-state index in [9.17, 15) is 15.2 Å². The summed E-state index contributed by atoms with van der Waals surface area (Å²) in [5, 5.41) is 21.0. The molecule has 4 atom stereocenters. The molecule has 0 spiro atoms. The number of H-pyrrole nitrogens is 1. The summed E-state index contributed by atoms with van der Waals surface area (Å²) in [5.74, 6) is 1.43. The van der Waals surface area contributed by atoms with Crippen molar-refractivity contribution in [3.63, 3.8) is 0 Å². The Morgan fingerprint density at radius 2 is 1.65 bits per heavy atom. The highest BCUT2D eigenvalue weighted by Gasteiger charge is 2.48. The van der Waals surface area contributed by atoms with Crippen LogP contribution in [0.25, 0.3) is 11.2 Å². The zero-order chi connectivity index (χ0) is 36.0. The number of aromatic amines is 1. The Kier molecular flexibility index (Phi) is 10.7. The Bertz CT molecular complexity index is 1990. The molecule has 2 N–H and O–H groups in total. The number of aliphatic hydroxyl groups is 1. The predicted molar refractivity (Wildman–Crippen MR) is 188 cm³/mol. The predicted octanol–water partition coefficient (Wildman–Crippen LogP) is 3.92. The lowest BCUT2D eigenvalue weighted by atomic mass is 9.80. The molecule has 264 valence electrons. The Labute approximate surface area is 294 Å². The van der Waals surface area contributed by atoms with Crippen LogP contribution in [0.5, 0.6) is 11.5 Å². The standard InChI is InChI=1S/C37H39N7O7/c1-43(2)22-40-36-41-33-30(34(46)42-36)39-23-44(33)35-32(49-20-8-19-38)31(45)29(51-35)21-50-37(24-9-6-5-7-10-24,25-11-15-27(47-3)16-12-25)26-13-17-28(48-4)18-14-26/h5-7,9-18,22-23,29,31-32,35,45H,8,20-21H2,1-4H3,(H,41,42,46)/b40-22+/t29-,31?,32+,35-/m1/s1. The molecular weight excluding hydrogens is 654 g/mol. The first-order valence-electron chi connectivity index (χ1n) is 16.3. The largest absolute Gasteiger partial charge is 0.497 e.